The maximum atomic E-state index is 4.81. The highest BCUT2D eigenvalue weighted by Gasteiger charge is 1.92. The molecule has 3 heteroatoms. The summed E-state index contributed by atoms with van der Waals surface area (Å²) in [6.07, 6.45) is 17.3. The van der Waals surface area contributed by atoms with Gasteiger partial charge in [-0.15, -0.1) is 11.8 Å². The van der Waals surface area contributed by atoms with Crippen LogP contribution in [-0.4, -0.2) is 18.6 Å². The minimum absolute atomic E-state index is 0.948. The zero-order valence-corrected chi connectivity index (χ0v) is 14.7. The lowest BCUT2D eigenvalue weighted by atomic mass is 10.1. The van der Waals surface area contributed by atoms with Gasteiger partial charge in [-0.3, -0.25) is 4.98 Å². The van der Waals surface area contributed by atoms with Crippen LogP contribution in [0.4, 0.5) is 0 Å². The van der Waals surface area contributed by atoms with Crippen LogP contribution in [0.1, 0.15) is 69.8 Å². The van der Waals surface area contributed by atoms with E-state index < -0.39 is 0 Å². The first-order valence-corrected chi connectivity index (χ1v) is 9.04. The van der Waals surface area contributed by atoms with Crippen LogP contribution in [0.15, 0.2) is 24.5 Å². The maximum Gasteiger partial charge on any atom is 0.0572 e. The van der Waals surface area contributed by atoms with Gasteiger partial charge in [0.2, 0.25) is 0 Å². The van der Waals surface area contributed by atoms with Crippen LogP contribution in [-0.2, 0) is 11.3 Å². The van der Waals surface area contributed by atoms with Gasteiger partial charge in [-0.2, -0.15) is 0 Å². The molecular weight excluding hydrogens is 284 g/mol. The van der Waals surface area contributed by atoms with E-state index in [1.807, 2.05) is 18.5 Å². The molecule has 0 unspecified atom stereocenters. The molecular formula is C20H32N2O. The number of aryl methyl sites for hydroxylation is 1. The molecule has 0 radical (unpaired) electrons. The highest BCUT2D eigenvalue weighted by Crippen LogP contribution is 2.09. The second-order valence-electron chi connectivity index (χ2n) is 5.89. The van der Waals surface area contributed by atoms with Gasteiger partial charge in [0, 0.05) is 31.8 Å². The van der Waals surface area contributed by atoms with Crippen LogP contribution in [0.2, 0.25) is 0 Å². The first-order chi connectivity index (χ1) is 11.4. The summed E-state index contributed by atoms with van der Waals surface area (Å²) in [5, 5.41) is 0. The molecule has 0 amide bonds. The van der Waals surface area contributed by atoms with E-state index in [1.165, 1.54) is 56.9 Å². The Morgan fingerprint density at radius 3 is 2.35 bits per heavy atom. The fourth-order valence-corrected chi connectivity index (χ4v) is 2.50. The molecule has 1 aromatic rings. The Morgan fingerprint density at radius 1 is 0.957 bits per heavy atom. The van der Waals surface area contributed by atoms with E-state index in [9.17, 15) is 0 Å². The topological polar surface area (TPSA) is 34.1 Å². The van der Waals surface area contributed by atoms with Crippen molar-refractivity contribution in [1.82, 2.24) is 10.5 Å². The Balaban J connectivity index is 1.80. The van der Waals surface area contributed by atoms with Crippen molar-refractivity contribution >= 4 is 0 Å². The summed E-state index contributed by atoms with van der Waals surface area (Å²) < 4.78 is 0. The van der Waals surface area contributed by atoms with Crippen molar-refractivity contribution in [2.75, 3.05) is 13.7 Å². The standard InChI is InChI=1S/C20H32N2O/c1-23-22-18-13-11-9-7-5-3-2-4-6-8-10-12-15-20-16-14-17-21-19-20/h14,16-17,19,22H,2-7,9,11-13,15,18H2,1H3. The minimum atomic E-state index is 0.948. The molecule has 0 aromatic carbocycles. The molecule has 128 valence electrons. The van der Waals surface area contributed by atoms with Crippen LogP contribution in [0, 0.1) is 11.8 Å². The average Bonchev–Trinajstić information content (AvgIpc) is 2.59. The van der Waals surface area contributed by atoms with E-state index in [4.69, 9.17) is 4.84 Å². The third-order valence-corrected chi connectivity index (χ3v) is 3.86. The lowest BCUT2D eigenvalue weighted by molar-refractivity contribution is 0.0904. The summed E-state index contributed by atoms with van der Waals surface area (Å²) in [6.45, 7) is 0.968. The molecule has 0 saturated carbocycles. The summed E-state index contributed by atoms with van der Waals surface area (Å²) in [4.78, 5) is 8.92. The first-order valence-electron chi connectivity index (χ1n) is 9.04. The Morgan fingerprint density at radius 2 is 1.65 bits per heavy atom. The van der Waals surface area contributed by atoms with Gasteiger partial charge in [-0.05, 0) is 30.9 Å². The molecule has 1 N–H and O–H groups in total. The van der Waals surface area contributed by atoms with E-state index >= 15 is 0 Å². The van der Waals surface area contributed by atoms with Gasteiger partial charge in [0.15, 0.2) is 0 Å². The van der Waals surface area contributed by atoms with Gasteiger partial charge in [-0.1, -0.05) is 44.6 Å². The Labute approximate surface area is 142 Å². The van der Waals surface area contributed by atoms with Crippen molar-refractivity contribution in [3.8, 4) is 11.8 Å². The largest absolute Gasteiger partial charge is 0.305 e. The van der Waals surface area contributed by atoms with Crippen LogP contribution in [0.3, 0.4) is 0 Å². The Hall–Kier alpha value is -1.37. The van der Waals surface area contributed by atoms with Crippen molar-refractivity contribution in [1.29, 1.82) is 0 Å². The van der Waals surface area contributed by atoms with Gasteiger partial charge >= 0.3 is 0 Å². The number of nitrogens with zero attached hydrogens (tertiary/aromatic N) is 1. The molecule has 1 aromatic heterocycles. The van der Waals surface area contributed by atoms with Crippen LogP contribution in [0.5, 0.6) is 0 Å². The van der Waals surface area contributed by atoms with Gasteiger partial charge in [-0.25, -0.2) is 5.48 Å². The Kier molecular flexibility index (Phi) is 13.3. The number of unbranched alkanes of at least 4 members (excludes halogenated alkanes) is 8. The van der Waals surface area contributed by atoms with Gasteiger partial charge in [0.1, 0.15) is 0 Å². The van der Waals surface area contributed by atoms with Crippen molar-refractivity contribution in [2.24, 2.45) is 0 Å². The third kappa shape index (κ3) is 12.8. The summed E-state index contributed by atoms with van der Waals surface area (Å²) in [7, 11) is 1.67. The van der Waals surface area contributed by atoms with Crippen LogP contribution < -0.4 is 5.48 Å². The summed E-state index contributed by atoms with van der Waals surface area (Å²) in [5.74, 6) is 6.57. The monoisotopic (exact) mass is 316 g/mol. The highest BCUT2D eigenvalue weighted by molar-refractivity contribution is 5.11. The zero-order valence-electron chi connectivity index (χ0n) is 14.7. The van der Waals surface area contributed by atoms with E-state index in [1.54, 1.807) is 7.11 Å². The van der Waals surface area contributed by atoms with Crippen molar-refractivity contribution in [2.45, 2.75) is 70.6 Å². The van der Waals surface area contributed by atoms with Crippen molar-refractivity contribution in [3.05, 3.63) is 30.1 Å². The second kappa shape index (κ2) is 15.5. The number of pyridine rings is 1. The number of nitrogens with one attached hydrogen (secondary N) is 1. The molecule has 3 nitrogen and oxygen atoms in total. The lowest BCUT2D eigenvalue weighted by Crippen LogP contribution is -2.12. The third-order valence-electron chi connectivity index (χ3n) is 3.86. The summed E-state index contributed by atoms with van der Waals surface area (Å²) in [5.41, 5.74) is 4.16. The van der Waals surface area contributed by atoms with Crippen LogP contribution in [0.25, 0.3) is 0 Å². The molecule has 0 aliphatic rings. The van der Waals surface area contributed by atoms with Gasteiger partial charge < -0.3 is 4.84 Å². The molecule has 0 aliphatic carbocycles. The highest BCUT2D eigenvalue weighted by atomic mass is 16.6. The first kappa shape index (κ1) is 19.7. The predicted octanol–water partition coefficient (Wildman–Crippen LogP) is 4.68. The molecule has 0 fully saturated rings. The van der Waals surface area contributed by atoms with E-state index in [0.29, 0.717) is 0 Å². The zero-order chi connectivity index (χ0) is 16.4. The molecule has 0 spiro atoms. The van der Waals surface area contributed by atoms with Crippen molar-refractivity contribution < 1.29 is 4.84 Å². The fraction of sp³-hybridized carbons (Fsp3) is 0.650. The molecule has 1 rings (SSSR count). The smallest absolute Gasteiger partial charge is 0.0572 e. The number of aromatic nitrogens is 1. The summed E-state index contributed by atoms with van der Waals surface area (Å²) >= 11 is 0. The molecule has 0 saturated heterocycles. The Bertz CT molecular complexity index is 422. The molecule has 0 aliphatic heterocycles. The van der Waals surface area contributed by atoms with Crippen molar-refractivity contribution in [3.63, 3.8) is 0 Å². The van der Waals surface area contributed by atoms with E-state index in [-0.39, 0.29) is 0 Å². The molecule has 23 heavy (non-hydrogen) atoms. The van der Waals surface area contributed by atoms with Gasteiger partial charge in [0.25, 0.3) is 0 Å². The van der Waals surface area contributed by atoms with Crippen LogP contribution >= 0.6 is 0 Å². The molecule has 0 atom stereocenters. The predicted molar refractivity (Wildman–Crippen MR) is 96.9 cm³/mol. The fourth-order valence-electron chi connectivity index (χ4n) is 2.50. The number of hydrogen-bond acceptors (Lipinski definition) is 3. The number of hydroxylamine groups is 1. The quantitative estimate of drug-likeness (QED) is 0.326. The second-order valence-corrected chi connectivity index (χ2v) is 5.89. The minimum Gasteiger partial charge on any atom is -0.305 e. The van der Waals surface area contributed by atoms with E-state index in [2.05, 4.69) is 28.4 Å². The van der Waals surface area contributed by atoms with E-state index in [0.717, 1.165) is 25.8 Å². The summed E-state index contributed by atoms with van der Waals surface area (Å²) in [6, 6.07) is 4.10. The average molecular weight is 316 g/mol. The van der Waals surface area contributed by atoms with Gasteiger partial charge in [0.05, 0.1) is 7.11 Å². The normalized spacial score (nSPS) is 10.3. The SMILES string of the molecule is CONCCCCCCCCCCC#CCCc1cccnc1. The maximum absolute atomic E-state index is 4.81. The number of hydrogen-bond donors (Lipinski definition) is 1. The molecule has 0 bridgehead atoms. The lowest BCUT2D eigenvalue weighted by Gasteiger charge is -2.02. The number of rotatable bonds is 13. The molecule has 1 heterocycles.